The van der Waals surface area contributed by atoms with Crippen molar-refractivity contribution in [2.75, 3.05) is 25.6 Å². The maximum Gasteiger partial charge on any atom is 0.290 e. The summed E-state index contributed by atoms with van der Waals surface area (Å²) < 4.78 is 5.07. The van der Waals surface area contributed by atoms with Crippen LogP contribution >= 0.6 is 0 Å². The SMILES string of the molecule is COCCNc1[nH+]c(C(C)C)c2c(c1C#N)CCCC2. The number of hydrogen-bond acceptors (Lipinski definition) is 3. The fourth-order valence-corrected chi connectivity index (χ4v) is 2.93. The molecule has 0 unspecified atom stereocenters. The predicted octanol–water partition coefficient (Wildman–Crippen LogP) is 2.43. The summed E-state index contributed by atoms with van der Waals surface area (Å²) in [4.78, 5) is 3.46. The minimum atomic E-state index is 0.442. The van der Waals surface area contributed by atoms with Gasteiger partial charge in [0.25, 0.3) is 5.82 Å². The highest BCUT2D eigenvalue weighted by Gasteiger charge is 2.26. The third-order valence-corrected chi connectivity index (χ3v) is 3.90. The molecule has 0 amide bonds. The monoisotopic (exact) mass is 274 g/mol. The van der Waals surface area contributed by atoms with Gasteiger partial charge in [0.15, 0.2) is 0 Å². The molecule has 1 heterocycles. The van der Waals surface area contributed by atoms with Gasteiger partial charge in [-0.25, -0.2) is 4.98 Å². The predicted molar refractivity (Wildman–Crippen MR) is 78.8 cm³/mol. The Balaban J connectivity index is 2.45. The summed E-state index contributed by atoms with van der Waals surface area (Å²) in [7, 11) is 1.68. The van der Waals surface area contributed by atoms with Crippen LogP contribution in [-0.4, -0.2) is 20.3 Å². The first-order valence-corrected chi connectivity index (χ1v) is 7.42. The molecule has 4 heteroatoms. The number of hydrogen-bond donors (Lipinski definition) is 1. The number of H-pyrrole nitrogens is 1. The quantitative estimate of drug-likeness (QED) is 0.839. The number of rotatable bonds is 5. The minimum Gasteiger partial charge on any atom is -0.381 e. The average Bonchev–Trinajstić information content (AvgIpc) is 2.46. The highest BCUT2D eigenvalue weighted by atomic mass is 16.5. The molecule has 0 spiro atoms. The van der Waals surface area contributed by atoms with Crippen LogP contribution in [0.3, 0.4) is 0 Å². The molecular weight excluding hydrogens is 250 g/mol. The van der Waals surface area contributed by atoms with E-state index in [4.69, 9.17) is 4.74 Å². The third kappa shape index (κ3) is 2.94. The minimum absolute atomic E-state index is 0.442. The Labute approximate surface area is 121 Å². The molecule has 0 saturated carbocycles. The topological polar surface area (TPSA) is 59.2 Å². The van der Waals surface area contributed by atoms with Gasteiger partial charge in [0.2, 0.25) is 0 Å². The van der Waals surface area contributed by atoms with Crippen molar-refractivity contribution in [3.63, 3.8) is 0 Å². The van der Waals surface area contributed by atoms with Crippen molar-refractivity contribution in [3.8, 4) is 6.07 Å². The van der Waals surface area contributed by atoms with Crippen LogP contribution < -0.4 is 10.3 Å². The summed E-state index contributed by atoms with van der Waals surface area (Å²) in [6, 6.07) is 2.38. The van der Waals surface area contributed by atoms with Crippen LogP contribution in [0, 0.1) is 11.3 Å². The fourth-order valence-electron chi connectivity index (χ4n) is 2.93. The van der Waals surface area contributed by atoms with Crippen LogP contribution in [0.5, 0.6) is 0 Å². The average molecular weight is 274 g/mol. The maximum atomic E-state index is 9.52. The standard InChI is InChI=1S/C16H23N3O/c1-11(2)15-13-7-5-4-6-12(13)14(10-17)16(19-15)18-8-9-20-3/h11H,4-9H2,1-3H3,(H,18,19)/p+1. The number of nitriles is 1. The molecule has 1 aliphatic rings. The van der Waals surface area contributed by atoms with Crippen molar-refractivity contribution >= 4 is 5.82 Å². The molecule has 108 valence electrons. The molecule has 0 bridgehead atoms. The van der Waals surface area contributed by atoms with Crippen LogP contribution in [0.15, 0.2) is 0 Å². The molecule has 2 N–H and O–H groups in total. The van der Waals surface area contributed by atoms with Crippen LogP contribution in [0.4, 0.5) is 5.82 Å². The van der Waals surface area contributed by atoms with Crippen LogP contribution in [-0.2, 0) is 17.6 Å². The van der Waals surface area contributed by atoms with E-state index in [-0.39, 0.29) is 0 Å². The number of nitrogens with zero attached hydrogens (tertiary/aromatic N) is 1. The Morgan fingerprint density at radius 2 is 2.00 bits per heavy atom. The zero-order chi connectivity index (χ0) is 14.5. The second-order valence-electron chi connectivity index (χ2n) is 5.64. The first-order valence-electron chi connectivity index (χ1n) is 7.42. The molecule has 1 aliphatic carbocycles. The summed E-state index contributed by atoms with van der Waals surface area (Å²) in [5, 5.41) is 12.8. The Morgan fingerprint density at radius 3 is 2.60 bits per heavy atom. The van der Waals surface area contributed by atoms with Gasteiger partial charge in [-0.15, -0.1) is 0 Å². The molecule has 20 heavy (non-hydrogen) atoms. The second-order valence-corrected chi connectivity index (χ2v) is 5.64. The summed E-state index contributed by atoms with van der Waals surface area (Å²) in [6.45, 7) is 5.74. The van der Waals surface area contributed by atoms with E-state index in [2.05, 4.69) is 30.2 Å². The Hall–Kier alpha value is -1.60. The number of methoxy groups -OCH3 is 1. The maximum absolute atomic E-state index is 9.52. The summed E-state index contributed by atoms with van der Waals surface area (Å²) in [5.41, 5.74) is 4.69. The van der Waals surface area contributed by atoms with Crippen LogP contribution in [0.25, 0.3) is 0 Å². The smallest absolute Gasteiger partial charge is 0.290 e. The molecule has 4 nitrogen and oxygen atoms in total. The lowest BCUT2D eigenvalue weighted by Crippen LogP contribution is -2.27. The summed E-state index contributed by atoms with van der Waals surface area (Å²) in [6.07, 6.45) is 4.51. The zero-order valence-electron chi connectivity index (χ0n) is 12.7. The van der Waals surface area contributed by atoms with Gasteiger partial charge >= 0.3 is 0 Å². The number of aromatic amines is 1. The summed E-state index contributed by atoms with van der Waals surface area (Å²) in [5.74, 6) is 1.30. The van der Waals surface area contributed by atoms with Gasteiger partial charge in [-0.3, -0.25) is 5.32 Å². The van der Waals surface area contributed by atoms with Gasteiger partial charge in [0.1, 0.15) is 23.9 Å². The Morgan fingerprint density at radius 1 is 1.30 bits per heavy atom. The lowest BCUT2D eigenvalue weighted by Gasteiger charge is -2.21. The van der Waals surface area contributed by atoms with Gasteiger partial charge in [0, 0.05) is 13.0 Å². The van der Waals surface area contributed by atoms with E-state index in [9.17, 15) is 5.26 Å². The van der Waals surface area contributed by atoms with Crippen molar-refractivity contribution in [2.24, 2.45) is 0 Å². The molecule has 0 aromatic carbocycles. The van der Waals surface area contributed by atoms with E-state index < -0.39 is 0 Å². The highest BCUT2D eigenvalue weighted by Crippen LogP contribution is 2.31. The van der Waals surface area contributed by atoms with Gasteiger partial charge in [-0.2, -0.15) is 5.26 Å². The normalized spacial score (nSPS) is 13.9. The molecule has 1 aromatic heterocycles. The molecule has 0 saturated heterocycles. The van der Waals surface area contributed by atoms with Crippen molar-refractivity contribution in [3.05, 3.63) is 22.4 Å². The van der Waals surface area contributed by atoms with Crippen molar-refractivity contribution < 1.29 is 9.72 Å². The fraction of sp³-hybridized carbons (Fsp3) is 0.625. The largest absolute Gasteiger partial charge is 0.381 e. The second kappa shape index (κ2) is 6.71. The number of pyridine rings is 1. The van der Waals surface area contributed by atoms with E-state index >= 15 is 0 Å². The van der Waals surface area contributed by atoms with E-state index in [1.54, 1.807) is 7.11 Å². The third-order valence-electron chi connectivity index (χ3n) is 3.90. The number of anilines is 1. The lowest BCUT2D eigenvalue weighted by atomic mass is 9.85. The van der Waals surface area contributed by atoms with Gasteiger partial charge in [0.05, 0.1) is 6.61 Å². The lowest BCUT2D eigenvalue weighted by molar-refractivity contribution is -0.377. The number of aromatic nitrogens is 1. The van der Waals surface area contributed by atoms with Crippen LogP contribution in [0.1, 0.15) is 55.0 Å². The van der Waals surface area contributed by atoms with E-state index in [0.29, 0.717) is 19.1 Å². The van der Waals surface area contributed by atoms with Gasteiger partial charge in [-0.1, -0.05) is 13.8 Å². The van der Waals surface area contributed by atoms with Crippen molar-refractivity contribution in [1.29, 1.82) is 5.26 Å². The van der Waals surface area contributed by atoms with E-state index in [0.717, 1.165) is 24.2 Å². The van der Waals surface area contributed by atoms with E-state index in [1.807, 2.05) is 0 Å². The van der Waals surface area contributed by atoms with Crippen molar-refractivity contribution in [1.82, 2.24) is 0 Å². The number of ether oxygens (including phenoxy) is 1. The molecule has 0 aliphatic heterocycles. The van der Waals surface area contributed by atoms with Gasteiger partial charge in [-0.05, 0) is 36.8 Å². The molecular formula is C16H24N3O+. The summed E-state index contributed by atoms with van der Waals surface area (Å²) >= 11 is 0. The molecule has 2 rings (SSSR count). The first kappa shape index (κ1) is 14.8. The number of nitrogens with one attached hydrogen (secondary N) is 2. The first-order chi connectivity index (χ1) is 9.69. The Kier molecular flexibility index (Phi) is 4.97. The molecule has 1 aromatic rings. The van der Waals surface area contributed by atoms with E-state index in [1.165, 1.54) is 29.7 Å². The number of fused-ring (bicyclic) bond motifs is 1. The van der Waals surface area contributed by atoms with Crippen molar-refractivity contribution in [2.45, 2.75) is 45.4 Å². The molecule has 0 fully saturated rings. The molecule has 0 radical (unpaired) electrons. The molecule has 0 atom stereocenters. The Bertz CT molecular complexity index is 517. The van der Waals surface area contributed by atoms with Crippen LogP contribution in [0.2, 0.25) is 0 Å². The highest BCUT2D eigenvalue weighted by molar-refractivity contribution is 5.56. The zero-order valence-corrected chi connectivity index (χ0v) is 12.7. The van der Waals surface area contributed by atoms with Gasteiger partial charge < -0.3 is 4.74 Å².